The average Bonchev–Trinajstić information content (AvgIpc) is 3.35. The van der Waals surface area contributed by atoms with Gasteiger partial charge >= 0.3 is 30.3 Å². The van der Waals surface area contributed by atoms with Gasteiger partial charge in [-0.3, -0.25) is 14.6 Å². The molecule has 1 aliphatic rings. The quantitative estimate of drug-likeness (QED) is 0.391. The van der Waals surface area contributed by atoms with Crippen LogP contribution in [0.3, 0.4) is 0 Å². The number of fused-ring (bicyclic) bond motifs is 2. The van der Waals surface area contributed by atoms with Crippen LogP contribution in [-0.4, -0.2) is 92.3 Å². The van der Waals surface area contributed by atoms with Crippen molar-refractivity contribution in [2.45, 2.75) is 31.5 Å². The van der Waals surface area contributed by atoms with Crippen LogP contribution in [0, 0.1) is 0 Å². The number of hydrogen-bond acceptors (Lipinski definition) is 6. The van der Waals surface area contributed by atoms with Crippen LogP contribution in [0.1, 0.15) is 17.4 Å². The van der Waals surface area contributed by atoms with Gasteiger partial charge in [0.2, 0.25) is 0 Å². The zero-order valence-electron chi connectivity index (χ0n) is 21.6. The number of alkyl halides is 6. The Morgan fingerprint density at radius 1 is 0.976 bits per heavy atom. The van der Waals surface area contributed by atoms with E-state index in [-0.39, 0.29) is 12.1 Å². The SMILES string of the molecule is CN(C)C(=O)NCC1CN(Cc2ccc3ccccc3n2)Cc2ccnn21.O=C(O)C(F)(F)F.O=C(O)C(F)(F)F. The molecule has 11 nitrogen and oxygen atoms in total. The molecule has 0 spiro atoms. The van der Waals surface area contributed by atoms with Crippen molar-refractivity contribution >= 4 is 28.9 Å². The molecule has 3 heterocycles. The van der Waals surface area contributed by atoms with Crippen LogP contribution in [-0.2, 0) is 22.7 Å². The highest BCUT2D eigenvalue weighted by Crippen LogP contribution is 2.22. The van der Waals surface area contributed by atoms with E-state index in [0.29, 0.717) is 6.54 Å². The lowest BCUT2D eigenvalue weighted by Gasteiger charge is -2.34. The van der Waals surface area contributed by atoms with Gasteiger partial charge in [-0.2, -0.15) is 31.4 Å². The van der Waals surface area contributed by atoms with E-state index >= 15 is 0 Å². The summed E-state index contributed by atoms with van der Waals surface area (Å²) in [5.74, 6) is -5.51. The van der Waals surface area contributed by atoms with Gasteiger partial charge in [0, 0.05) is 51.9 Å². The molecule has 0 fully saturated rings. The van der Waals surface area contributed by atoms with Gasteiger partial charge < -0.3 is 20.4 Å². The molecule has 0 bridgehead atoms. The number of carbonyl (C=O) groups is 3. The Kier molecular flexibility index (Phi) is 11.0. The minimum Gasteiger partial charge on any atom is -0.475 e. The van der Waals surface area contributed by atoms with E-state index in [0.717, 1.165) is 41.9 Å². The van der Waals surface area contributed by atoms with Crippen LogP contribution in [0.15, 0.2) is 48.7 Å². The summed E-state index contributed by atoms with van der Waals surface area (Å²) >= 11 is 0. The highest BCUT2D eigenvalue weighted by Gasteiger charge is 2.38. The maximum Gasteiger partial charge on any atom is 0.490 e. The molecule has 0 saturated heterocycles. The maximum atomic E-state index is 11.9. The number of halogens is 6. The van der Waals surface area contributed by atoms with Crippen LogP contribution in [0.25, 0.3) is 10.9 Å². The largest absolute Gasteiger partial charge is 0.490 e. The first-order chi connectivity index (χ1) is 19.0. The second kappa shape index (κ2) is 13.8. The lowest BCUT2D eigenvalue weighted by atomic mass is 10.1. The second-order valence-electron chi connectivity index (χ2n) is 8.77. The van der Waals surface area contributed by atoms with E-state index in [1.54, 1.807) is 19.0 Å². The Bertz CT molecular complexity index is 1320. The van der Waals surface area contributed by atoms with Gasteiger partial charge in [-0.1, -0.05) is 24.3 Å². The summed E-state index contributed by atoms with van der Waals surface area (Å²) in [5, 5.41) is 22.8. The van der Waals surface area contributed by atoms with Crippen LogP contribution >= 0.6 is 0 Å². The van der Waals surface area contributed by atoms with Gasteiger partial charge in [-0.15, -0.1) is 0 Å². The van der Waals surface area contributed by atoms with Crippen molar-refractivity contribution in [3.05, 3.63) is 60.0 Å². The molecule has 0 aliphatic carbocycles. The van der Waals surface area contributed by atoms with Crippen molar-refractivity contribution in [1.29, 1.82) is 0 Å². The van der Waals surface area contributed by atoms with Gasteiger partial charge in [-0.25, -0.2) is 14.4 Å². The van der Waals surface area contributed by atoms with Gasteiger partial charge in [-0.05, 0) is 18.2 Å². The number of nitrogens with zero attached hydrogens (tertiary/aromatic N) is 5. The van der Waals surface area contributed by atoms with E-state index < -0.39 is 24.3 Å². The monoisotopic (exact) mass is 592 g/mol. The van der Waals surface area contributed by atoms with Gasteiger partial charge in [0.15, 0.2) is 0 Å². The first-order valence-electron chi connectivity index (χ1n) is 11.6. The predicted molar refractivity (Wildman–Crippen MR) is 132 cm³/mol. The fourth-order valence-corrected chi connectivity index (χ4v) is 3.52. The van der Waals surface area contributed by atoms with Crippen LogP contribution in [0.4, 0.5) is 31.1 Å². The first kappa shape index (κ1) is 32.8. The summed E-state index contributed by atoms with van der Waals surface area (Å²) in [6.07, 6.45) is -8.34. The van der Waals surface area contributed by atoms with E-state index in [1.165, 1.54) is 0 Å². The predicted octanol–water partition coefficient (Wildman–Crippen LogP) is 3.53. The Morgan fingerprint density at radius 2 is 1.56 bits per heavy atom. The molecule has 17 heteroatoms. The molecule has 2 amide bonds. The normalized spacial score (nSPS) is 15.0. The molecule has 1 aromatic carbocycles. The number of pyridine rings is 1. The minimum absolute atomic E-state index is 0.0861. The first-order valence-corrected chi connectivity index (χ1v) is 11.6. The Labute approximate surface area is 229 Å². The molecule has 0 saturated carbocycles. The highest BCUT2D eigenvalue weighted by molar-refractivity contribution is 5.78. The van der Waals surface area contributed by atoms with Crippen LogP contribution < -0.4 is 5.32 Å². The minimum atomic E-state index is -5.08. The van der Waals surface area contributed by atoms with E-state index in [1.807, 2.05) is 35.1 Å². The van der Waals surface area contributed by atoms with E-state index in [9.17, 15) is 31.1 Å². The molecule has 4 rings (SSSR count). The summed E-state index contributed by atoms with van der Waals surface area (Å²) in [6, 6.07) is 14.5. The molecule has 1 unspecified atom stereocenters. The lowest BCUT2D eigenvalue weighted by molar-refractivity contribution is -0.193. The molecule has 3 aromatic rings. The number of carboxylic acids is 2. The fraction of sp³-hybridized carbons (Fsp3) is 0.375. The van der Waals surface area contributed by atoms with E-state index in [4.69, 9.17) is 24.8 Å². The van der Waals surface area contributed by atoms with Crippen molar-refractivity contribution in [2.24, 2.45) is 0 Å². The van der Waals surface area contributed by atoms with Crippen molar-refractivity contribution < 1.29 is 50.9 Å². The number of hydrogen-bond donors (Lipinski definition) is 3. The molecule has 2 aromatic heterocycles. The number of carbonyl (C=O) groups excluding carboxylic acids is 1. The molecular weight excluding hydrogens is 566 g/mol. The molecule has 224 valence electrons. The molecule has 0 radical (unpaired) electrons. The smallest absolute Gasteiger partial charge is 0.475 e. The van der Waals surface area contributed by atoms with Crippen molar-refractivity contribution in [3.63, 3.8) is 0 Å². The van der Waals surface area contributed by atoms with Crippen molar-refractivity contribution in [2.75, 3.05) is 27.2 Å². The summed E-state index contributed by atoms with van der Waals surface area (Å²) in [6.45, 7) is 2.96. The molecular formula is C24H26F6N6O5. The number of amides is 2. The summed E-state index contributed by atoms with van der Waals surface area (Å²) in [4.78, 5) is 38.4. The Hall–Kier alpha value is -4.41. The average molecular weight is 592 g/mol. The van der Waals surface area contributed by atoms with Gasteiger partial charge in [0.1, 0.15) is 0 Å². The summed E-state index contributed by atoms with van der Waals surface area (Å²) < 4.78 is 65.5. The third-order valence-corrected chi connectivity index (χ3v) is 5.37. The maximum absolute atomic E-state index is 11.9. The van der Waals surface area contributed by atoms with Crippen LogP contribution in [0.2, 0.25) is 0 Å². The lowest BCUT2D eigenvalue weighted by Crippen LogP contribution is -2.44. The number of benzene rings is 1. The number of aromatic nitrogens is 3. The highest BCUT2D eigenvalue weighted by atomic mass is 19.4. The number of nitrogens with one attached hydrogen (secondary N) is 1. The summed E-state index contributed by atoms with van der Waals surface area (Å²) in [5.41, 5.74) is 3.23. The van der Waals surface area contributed by atoms with Gasteiger partial charge in [0.25, 0.3) is 0 Å². The van der Waals surface area contributed by atoms with Gasteiger partial charge in [0.05, 0.1) is 22.9 Å². The standard InChI is InChI=1S/C20H24N6O.2C2HF3O2/c1-24(2)20(27)21-11-18-14-25(13-17-9-10-22-26(17)18)12-16-8-7-15-5-3-4-6-19(15)23-16;2*3-2(4,5)1(6)7/h3-10,18H,11-14H2,1-2H3,(H,21,27);2*(H,6,7). The molecule has 1 atom stereocenters. The van der Waals surface area contributed by atoms with Crippen molar-refractivity contribution in [3.8, 4) is 0 Å². The fourth-order valence-electron chi connectivity index (χ4n) is 3.52. The van der Waals surface area contributed by atoms with Crippen LogP contribution in [0.5, 0.6) is 0 Å². The van der Waals surface area contributed by atoms with Crippen molar-refractivity contribution in [1.82, 2.24) is 29.9 Å². The Morgan fingerprint density at radius 3 is 2.12 bits per heavy atom. The number of rotatable bonds is 4. The second-order valence-corrected chi connectivity index (χ2v) is 8.77. The zero-order valence-corrected chi connectivity index (χ0v) is 21.6. The Balaban J connectivity index is 0.000000349. The third kappa shape index (κ3) is 10.3. The zero-order chi connectivity index (χ0) is 31.0. The van der Waals surface area contributed by atoms with E-state index in [2.05, 4.69) is 33.5 Å². The number of urea groups is 1. The molecule has 41 heavy (non-hydrogen) atoms. The molecule has 1 aliphatic heterocycles. The number of para-hydroxylation sites is 1. The third-order valence-electron chi connectivity index (χ3n) is 5.37. The summed E-state index contributed by atoms with van der Waals surface area (Å²) in [7, 11) is 3.49. The topological polar surface area (TPSA) is 141 Å². The number of aliphatic carboxylic acids is 2. The molecule has 3 N–H and O–H groups in total. The number of carboxylic acid groups (broad SMARTS) is 2.